The van der Waals surface area contributed by atoms with Crippen LogP contribution in [0.15, 0.2) is 18.2 Å². The van der Waals surface area contributed by atoms with E-state index in [2.05, 4.69) is 16.0 Å². The third-order valence-corrected chi connectivity index (χ3v) is 5.08. The molecular formula is C21H28N4O6. The van der Waals surface area contributed by atoms with Gasteiger partial charge < -0.3 is 20.1 Å². The van der Waals surface area contributed by atoms with E-state index in [-0.39, 0.29) is 24.0 Å². The summed E-state index contributed by atoms with van der Waals surface area (Å²) in [5, 5.41) is 8.48. The highest BCUT2D eigenvalue weighted by molar-refractivity contribution is 6.25. The third-order valence-electron chi connectivity index (χ3n) is 5.08. The third kappa shape index (κ3) is 5.46. The number of imide groups is 2. The molecule has 3 rings (SSSR count). The monoisotopic (exact) mass is 432 g/mol. The van der Waals surface area contributed by atoms with Gasteiger partial charge in [-0.2, -0.15) is 0 Å². The van der Waals surface area contributed by atoms with Crippen LogP contribution >= 0.6 is 0 Å². The molecule has 0 bridgehead atoms. The van der Waals surface area contributed by atoms with Gasteiger partial charge in [-0.1, -0.05) is 13.0 Å². The number of nitrogens with one attached hydrogen (secondary N) is 3. The van der Waals surface area contributed by atoms with Gasteiger partial charge in [0.15, 0.2) is 0 Å². The summed E-state index contributed by atoms with van der Waals surface area (Å²) in [6, 6.07) is 3.98. The zero-order valence-electron chi connectivity index (χ0n) is 17.6. The lowest BCUT2D eigenvalue weighted by Crippen LogP contribution is -2.54. The molecule has 1 saturated heterocycles. The predicted molar refractivity (Wildman–Crippen MR) is 112 cm³/mol. The Morgan fingerprint density at radius 2 is 1.77 bits per heavy atom. The summed E-state index contributed by atoms with van der Waals surface area (Å²) in [4.78, 5) is 50.3. The van der Waals surface area contributed by atoms with Crippen molar-refractivity contribution in [2.75, 3.05) is 51.4 Å². The van der Waals surface area contributed by atoms with E-state index >= 15 is 0 Å². The largest absolute Gasteiger partial charge is 0.382 e. The molecule has 0 radical (unpaired) electrons. The van der Waals surface area contributed by atoms with Crippen LogP contribution in [-0.4, -0.2) is 80.6 Å². The quantitative estimate of drug-likeness (QED) is 0.315. The Bertz CT molecular complexity index is 843. The fraction of sp³-hybridized carbons (Fsp3) is 0.524. The van der Waals surface area contributed by atoms with Crippen molar-refractivity contribution in [2.45, 2.75) is 25.8 Å². The minimum atomic E-state index is -0.978. The fourth-order valence-corrected chi connectivity index (χ4v) is 3.56. The molecule has 4 amide bonds. The second-order valence-corrected chi connectivity index (χ2v) is 7.18. The first-order chi connectivity index (χ1) is 15.0. The molecule has 0 aromatic heterocycles. The highest BCUT2D eigenvalue weighted by Crippen LogP contribution is 2.32. The number of carbonyl (C=O) groups is 4. The number of carbonyl (C=O) groups excluding carboxylic acids is 4. The van der Waals surface area contributed by atoms with Crippen LogP contribution in [0.25, 0.3) is 0 Å². The van der Waals surface area contributed by atoms with Crippen LogP contribution in [0.5, 0.6) is 0 Å². The predicted octanol–water partition coefficient (Wildman–Crippen LogP) is 0.142. The molecule has 168 valence electrons. The summed E-state index contributed by atoms with van der Waals surface area (Å²) in [7, 11) is 0. The van der Waals surface area contributed by atoms with Crippen LogP contribution in [0.2, 0.25) is 0 Å². The smallest absolute Gasteiger partial charge is 0.264 e. The van der Waals surface area contributed by atoms with Crippen LogP contribution in [0.1, 0.15) is 40.5 Å². The van der Waals surface area contributed by atoms with Crippen molar-refractivity contribution >= 4 is 29.3 Å². The Morgan fingerprint density at radius 1 is 1.03 bits per heavy atom. The number of benzene rings is 1. The van der Waals surface area contributed by atoms with Gasteiger partial charge in [0.05, 0.1) is 37.6 Å². The number of rotatable bonds is 12. The molecule has 0 spiro atoms. The Labute approximate surface area is 180 Å². The van der Waals surface area contributed by atoms with Crippen LogP contribution in [0, 0.1) is 0 Å². The van der Waals surface area contributed by atoms with E-state index in [0.717, 1.165) is 18.0 Å². The minimum absolute atomic E-state index is 0.0884. The standard InChI is InChI=1S/C21H28N4O6/c1-2-22-8-10-30-12-13-31-11-9-23-15-5-3-4-14-18(15)21(29)25(20(14)28)16-6-7-17(26)24-19(16)27/h3-5,16,22-23H,2,6-13H2,1H3,(H,24,26,27). The molecule has 10 nitrogen and oxygen atoms in total. The van der Waals surface area contributed by atoms with Gasteiger partial charge in [0.25, 0.3) is 11.8 Å². The van der Waals surface area contributed by atoms with E-state index in [1.165, 1.54) is 0 Å². The van der Waals surface area contributed by atoms with Gasteiger partial charge in [0.1, 0.15) is 6.04 Å². The van der Waals surface area contributed by atoms with E-state index in [4.69, 9.17) is 9.47 Å². The van der Waals surface area contributed by atoms with Crippen molar-refractivity contribution in [2.24, 2.45) is 0 Å². The lowest BCUT2D eigenvalue weighted by atomic mass is 10.0. The van der Waals surface area contributed by atoms with Gasteiger partial charge in [0, 0.05) is 25.2 Å². The summed E-state index contributed by atoms with van der Waals surface area (Å²) >= 11 is 0. The van der Waals surface area contributed by atoms with Crippen molar-refractivity contribution in [1.82, 2.24) is 15.5 Å². The molecule has 1 fully saturated rings. The maximum Gasteiger partial charge on any atom is 0.264 e. The van der Waals surface area contributed by atoms with Crippen molar-refractivity contribution < 1.29 is 28.7 Å². The molecular weight excluding hydrogens is 404 g/mol. The zero-order valence-corrected chi connectivity index (χ0v) is 17.6. The van der Waals surface area contributed by atoms with E-state index in [1.54, 1.807) is 18.2 Å². The molecule has 2 aliphatic rings. The molecule has 1 aromatic rings. The molecule has 2 aliphatic heterocycles. The van der Waals surface area contributed by atoms with E-state index in [1.807, 2.05) is 6.92 Å². The Morgan fingerprint density at radius 3 is 2.48 bits per heavy atom. The van der Waals surface area contributed by atoms with Gasteiger partial charge >= 0.3 is 0 Å². The Kier molecular flexibility index (Phi) is 8.10. The van der Waals surface area contributed by atoms with Crippen LogP contribution < -0.4 is 16.0 Å². The summed E-state index contributed by atoms with van der Waals surface area (Å²) < 4.78 is 10.9. The summed E-state index contributed by atoms with van der Waals surface area (Å²) in [5.74, 6) is -2.08. The SMILES string of the molecule is CCNCCOCCOCCNc1cccc2c1C(=O)N(C1CCC(=O)NC1=O)C2=O. The van der Waals surface area contributed by atoms with Crippen molar-refractivity contribution in [3.8, 4) is 0 Å². The van der Waals surface area contributed by atoms with Crippen LogP contribution in [0.3, 0.4) is 0 Å². The second-order valence-electron chi connectivity index (χ2n) is 7.18. The molecule has 3 N–H and O–H groups in total. The van der Waals surface area contributed by atoms with Crippen molar-refractivity contribution in [3.63, 3.8) is 0 Å². The van der Waals surface area contributed by atoms with Gasteiger partial charge in [-0.25, -0.2) is 0 Å². The number of piperidine rings is 1. The maximum atomic E-state index is 13.0. The first kappa shape index (κ1) is 22.9. The molecule has 1 atom stereocenters. The molecule has 2 heterocycles. The number of hydrogen-bond donors (Lipinski definition) is 3. The molecule has 0 aliphatic carbocycles. The van der Waals surface area contributed by atoms with Crippen LogP contribution in [0.4, 0.5) is 5.69 Å². The van der Waals surface area contributed by atoms with Crippen molar-refractivity contribution in [1.29, 1.82) is 0 Å². The van der Waals surface area contributed by atoms with Crippen LogP contribution in [-0.2, 0) is 19.1 Å². The van der Waals surface area contributed by atoms with E-state index in [9.17, 15) is 19.2 Å². The van der Waals surface area contributed by atoms with Gasteiger partial charge in [-0.3, -0.25) is 29.4 Å². The average Bonchev–Trinajstić information content (AvgIpc) is 3.01. The number of fused-ring (bicyclic) bond motifs is 1. The average molecular weight is 432 g/mol. The highest BCUT2D eigenvalue weighted by Gasteiger charge is 2.45. The number of hydrogen-bond acceptors (Lipinski definition) is 8. The molecule has 0 saturated carbocycles. The fourth-order valence-electron chi connectivity index (χ4n) is 3.56. The number of anilines is 1. The maximum absolute atomic E-state index is 13.0. The Hall–Kier alpha value is -2.82. The molecule has 10 heteroatoms. The number of likely N-dealkylation sites (N-methyl/N-ethyl adjacent to an activating group) is 1. The highest BCUT2D eigenvalue weighted by atomic mass is 16.5. The first-order valence-corrected chi connectivity index (χ1v) is 10.5. The number of ether oxygens (including phenoxy) is 2. The summed E-state index contributed by atoms with van der Waals surface area (Å²) in [5.41, 5.74) is 0.995. The topological polar surface area (TPSA) is 126 Å². The lowest BCUT2D eigenvalue weighted by molar-refractivity contribution is -0.136. The molecule has 1 aromatic carbocycles. The normalized spacial score (nSPS) is 18.4. The molecule has 1 unspecified atom stereocenters. The van der Waals surface area contributed by atoms with E-state index < -0.39 is 29.7 Å². The van der Waals surface area contributed by atoms with Gasteiger partial charge in [-0.05, 0) is 25.1 Å². The van der Waals surface area contributed by atoms with E-state index in [0.29, 0.717) is 38.7 Å². The first-order valence-electron chi connectivity index (χ1n) is 10.5. The van der Waals surface area contributed by atoms with Gasteiger partial charge in [-0.15, -0.1) is 0 Å². The van der Waals surface area contributed by atoms with Gasteiger partial charge in [0.2, 0.25) is 11.8 Å². The number of nitrogens with zero attached hydrogens (tertiary/aromatic N) is 1. The lowest BCUT2D eigenvalue weighted by Gasteiger charge is -2.27. The van der Waals surface area contributed by atoms with Crippen molar-refractivity contribution in [3.05, 3.63) is 29.3 Å². The second kappa shape index (κ2) is 11.0. The number of amides is 4. The summed E-state index contributed by atoms with van der Waals surface area (Å²) in [6.07, 6.45) is 0.217. The molecule has 31 heavy (non-hydrogen) atoms. The zero-order chi connectivity index (χ0) is 22.2. The minimum Gasteiger partial charge on any atom is -0.382 e. The summed E-state index contributed by atoms with van der Waals surface area (Å²) in [6.45, 7) is 6.18. The Balaban J connectivity index is 1.51.